The van der Waals surface area contributed by atoms with Crippen molar-refractivity contribution in [3.05, 3.63) is 76.8 Å². The number of hydrogen-bond donors (Lipinski definition) is 5. The van der Waals surface area contributed by atoms with Crippen molar-refractivity contribution < 1.29 is 39.2 Å². The number of halogens is 1. The third kappa shape index (κ3) is 10.5. The first kappa shape index (κ1) is 33.8. The highest BCUT2D eigenvalue weighted by Gasteiger charge is 2.29. The maximum Gasteiger partial charge on any atom is 0.310 e. The summed E-state index contributed by atoms with van der Waals surface area (Å²) in [6.45, 7) is 3.22. The van der Waals surface area contributed by atoms with Gasteiger partial charge in [0.05, 0.1) is 37.4 Å². The first-order valence-electron chi connectivity index (χ1n) is 13.2. The first-order chi connectivity index (χ1) is 19.5. The Morgan fingerprint density at radius 3 is 2.32 bits per heavy atom. The lowest BCUT2D eigenvalue weighted by Gasteiger charge is -2.27. The summed E-state index contributed by atoms with van der Waals surface area (Å²) in [5.74, 6) is -2.41. The molecule has 0 heterocycles. The molecule has 0 aliphatic carbocycles. The van der Waals surface area contributed by atoms with E-state index in [0.29, 0.717) is 21.9 Å². The number of aliphatic hydroxyl groups is 3. The number of esters is 1. The van der Waals surface area contributed by atoms with Crippen molar-refractivity contribution in [2.24, 2.45) is 11.8 Å². The topological polar surface area (TPSA) is 154 Å². The van der Waals surface area contributed by atoms with Crippen LogP contribution < -0.4 is 15.4 Å². The van der Waals surface area contributed by atoms with E-state index in [4.69, 9.17) is 16.3 Å². The third-order valence-electron chi connectivity index (χ3n) is 6.73. The molecule has 0 aliphatic rings. The van der Waals surface area contributed by atoms with E-state index in [1.54, 1.807) is 62.4 Å². The fraction of sp³-hybridized carbons (Fsp3) is 0.433. The van der Waals surface area contributed by atoms with Crippen LogP contribution in [-0.4, -0.2) is 72.1 Å². The number of ether oxygens (including phenoxy) is 2. The molecule has 0 bridgehead atoms. The van der Waals surface area contributed by atoms with E-state index in [2.05, 4.69) is 15.4 Å². The largest absolute Gasteiger partial charge is 0.495 e. The van der Waals surface area contributed by atoms with Gasteiger partial charge in [0.25, 0.3) is 0 Å². The molecule has 11 heteroatoms. The van der Waals surface area contributed by atoms with Gasteiger partial charge in [-0.25, -0.2) is 0 Å². The zero-order valence-electron chi connectivity index (χ0n) is 23.6. The van der Waals surface area contributed by atoms with Crippen LogP contribution in [0, 0.1) is 11.8 Å². The lowest BCUT2D eigenvalue weighted by molar-refractivity contribution is -0.144. The van der Waals surface area contributed by atoms with Gasteiger partial charge in [-0.15, -0.1) is 0 Å². The summed E-state index contributed by atoms with van der Waals surface area (Å²) in [6.07, 6.45) is -0.718. The van der Waals surface area contributed by atoms with Gasteiger partial charge in [-0.2, -0.15) is 0 Å². The quantitative estimate of drug-likeness (QED) is 0.156. The molecule has 2 rings (SSSR count). The molecule has 0 spiro atoms. The Bertz CT molecular complexity index is 1180. The minimum absolute atomic E-state index is 0.0122. The Morgan fingerprint density at radius 1 is 1.02 bits per heavy atom. The molecule has 6 unspecified atom stereocenters. The predicted molar refractivity (Wildman–Crippen MR) is 154 cm³/mol. The number of hydrogen-bond acceptors (Lipinski definition) is 8. The Kier molecular flexibility index (Phi) is 13.8. The zero-order valence-corrected chi connectivity index (χ0v) is 24.4. The number of benzene rings is 2. The number of amides is 2. The lowest BCUT2D eigenvalue weighted by Crippen LogP contribution is -2.49. The number of carbonyl (C=O) groups is 3. The van der Waals surface area contributed by atoms with Gasteiger partial charge in [0, 0.05) is 18.9 Å². The van der Waals surface area contributed by atoms with Crippen molar-refractivity contribution in [2.45, 2.75) is 51.0 Å². The second-order valence-electron chi connectivity index (χ2n) is 9.81. The Hall–Kier alpha value is -3.44. The third-order valence-corrected chi connectivity index (χ3v) is 7.03. The minimum Gasteiger partial charge on any atom is -0.495 e. The summed E-state index contributed by atoms with van der Waals surface area (Å²) in [5.41, 5.74) is 1.19. The molecule has 0 aromatic heterocycles. The van der Waals surface area contributed by atoms with Gasteiger partial charge in [-0.3, -0.25) is 14.4 Å². The molecule has 0 radical (unpaired) electrons. The molecule has 2 aromatic rings. The van der Waals surface area contributed by atoms with Gasteiger partial charge < -0.3 is 35.4 Å². The Labute approximate surface area is 245 Å². The van der Waals surface area contributed by atoms with Crippen LogP contribution in [0.1, 0.15) is 37.5 Å². The van der Waals surface area contributed by atoms with Gasteiger partial charge in [0.1, 0.15) is 17.9 Å². The van der Waals surface area contributed by atoms with Crippen LogP contribution >= 0.6 is 11.6 Å². The number of carbonyl (C=O) groups excluding carboxylic acids is 3. The standard InChI is InChI=1S/C30H39ClN2O8/c1-18(30(39)41-4)17-32-29(38)23(16-20-13-14-25(40-3)22(31)15-20)33-26(35)12-8-11-24(34)19(2)27(36)28(37)21-9-6-5-7-10-21/h5-10,12-15,18-19,23-24,27-28,34,36-37H,11,16-17H2,1-4H3,(H,32,38)(H,33,35). The highest BCUT2D eigenvalue weighted by atomic mass is 35.5. The highest BCUT2D eigenvalue weighted by Crippen LogP contribution is 2.26. The van der Waals surface area contributed by atoms with Crippen LogP contribution in [0.4, 0.5) is 0 Å². The summed E-state index contributed by atoms with van der Waals surface area (Å²) in [6, 6.07) is 12.6. The predicted octanol–water partition coefficient (Wildman–Crippen LogP) is 2.34. The van der Waals surface area contributed by atoms with Crippen LogP contribution in [-0.2, 0) is 25.5 Å². The zero-order chi connectivity index (χ0) is 30.5. The van der Waals surface area contributed by atoms with Gasteiger partial charge in [-0.05, 0) is 35.8 Å². The lowest BCUT2D eigenvalue weighted by atomic mass is 9.89. The maximum atomic E-state index is 13.0. The Morgan fingerprint density at radius 2 is 1.71 bits per heavy atom. The molecule has 5 N–H and O–H groups in total. The summed E-state index contributed by atoms with van der Waals surface area (Å²) in [4.78, 5) is 37.4. The SMILES string of the molecule is COC(=O)C(C)CNC(=O)C(Cc1ccc(OC)c(Cl)c1)NC(=O)C=CCC(O)C(C)C(O)C(O)c1ccccc1. The van der Waals surface area contributed by atoms with E-state index in [0.717, 1.165) is 0 Å². The monoisotopic (exact) mass is 590 g/mol. The van der Waals surface area contributed by atoms with Crippen molar-refractivity contribution in [1.29, 1.82) is 0 Å². The number of methoxy groups -OCH3 is 2. The smallest absolute Gasteiger partial charge is 0.310 e. The van der Waals surface area contributed by atoms with Gasteiger partial charge >= 0.3 is 5.97 Å². The summed E-state index contributed by atoms with van der Waals surface area (Å²) in [7, 11) is 2.74. The molecule has 2 amide bonds. The van der Waals surface area contributed by atoms with Crippen molar-refractivity contribution >= 4 is 29.4 Å². The van der Waals surface area contributed by atoms with E-state index in [-0.39, 0.29) is 19.4 Å². The van der Waals surface area contributed by atoms with Crippen LogP contribution in [0.25, 0.3) is 0 Å². The van der Waals surface area contributed by atoms with Gasteiger partial charge in [0.15, 0.2) is 0 Å². The fourth-order valence-electron chi connectivity index (χ4n) is 4.05. The van der Waals surface area contributed by atoms with Crippen molar-refractivity contribution in [2.75, 3.05) is 20.8 Å². The van der Waals surface area contributed by atoms with Gasteiger partial charge in [-0.1, -0.05) is 67.9 Å². The van der Waals surface area contributed by atoms with Crippen LogP contribution in [0.2, 0.25) is 5.02 Å². The number of nitrogens with one attached hydrogen (secondary N) is 2. The van der Waals surface area contributed by atoms with Crippen molar-refractivity contribution in [3.63, 3.8) is 0 Å². The Balaban J connectivity index is 2.04. The van der Waals surface area contributed by atoms with Crippen molar-refractivity contribution in [3.8, 4) is 5.75 Å². The van der Waals surface area contributed by atoms with E-state index in [1.165, 1.54) is 26.4 Å². The first-order valence-corrected chi connectivity index (χ1v) is 13.6. The van der Waals surface area contributed by atoms with E-state index in [1.807, 2.05) is 0 Å². The second-order valence-corrected chi connectivity index (χ2v) is 10.2. The minimum atomic E-state index is -1.23. The van der Waals surface area contributed by atoms with Crippen LogP contribution in [0.5, 0.6) is 5.75 Å². The molecule has 10 nitrogen and oxygen atoms in total. The number of aliphatic hydroxyl groups excluding tert-OH is 3. The fourth-order valence-corrected chi connectivity index (χ4v) is 4.34. The second kappa shape index (κ2) is 16.7. The molecule has 0 aliphatic heterocycles. The summed E-state index contributed by atoms with van der Waals surface area (Å²) < 4.78 is 9.85. The van der Waals surface area contributed by atoms with E-state index >= 15 is 0 Å². The molecular formula is C30H39ClN2O8. The normalized spacial score (nSPS) is 15.7. The molecule has 2 aromatic carbocycles. The van der Waals surface area contributed by atoms with Crippen LogP contribution in [0.3, 0.4) is 0 Å². The summed E-state index contributed by atoms with van der Waals surface area (Å²) in [5, 5.41) is 37.2. The molecule has 0 fully saturated rings. The van der Waals surface area contributed by atoms with Crippen LogP contribution in [0.15, 0.2) is 60.7 Å². The highest BCUT2D eigenvalue weighted by molar-refractivity contribution is 6.32. The molecule has 224 valence electrons. The maximum absolute atomic E-state index is 13.0. The molecule has 0 saturated carbocycles. The average Bonchev–Trinajstić information content (AvgIpc) is 2.98. The molecule has 0 saturated heterocycles. The van der Waals surface area contributed by atoms with Gasteiger partial charge in [0.2, 0.25) is 11.8 Å². The molecule has 41 heavy (non-hydrogen) atoms. The van der Waals surface area contributed by atoms with Crippen molar-refractivity contribution in [1.82, 2.24) is 10.6 Å². The van der Waals surface area contributed by atoms with E-state index < -0.39 is 54.0 Å². The number of rotatable bonds is 15. The molecular weight excluding hydrogens is 552 g/mol. The average molecular weight is 591 g/mol. The molecule has 6 atom stereocenters. The summed E-state index contributed by atoms with van der Waals surface area (Å²) >= 11 is 6.22. The van der Waals surface area contributed by atoms with E-state index in [9.17, 15) is 29.7 Å².